The fourth-order valence-electron chi connectivity index (χ4n) is 1.80. The number of ether oxygens (including phenoxy) is 1. The molecule has 21 heavy (non-hydrogen) atoms. The highest BCUT2D eigenvalue weighted by molar-refractivity contribution is 8.13. The van der Waals surface area contributed by atoms with E-state index in [2.05, 4.69) is 0 Å². The third-order valence-corrected chi connectivity index (χ3v) is 4.62. The van der Waals surface area contributed by atoms with Crippen LogP contribution in [0.4, 0.5) is 5.69 Å². The van der Waals surface area contributed by atoms with Crippen molar-refractivity contribution in [2.24, 2.45) is 5.92 Å². The lowest BCUT2D eigenvalue weighted by Crippen LogP contribution is -2.10. The normalized spacial score (nSPS) is 14.8. The van der Waals surface area contributed by atoms with Gasteiger partial charge in [-0.25, -0.2) is 13.2 Å². The van der Waals surface area contributed by atoms with E-state index in [9.17, 15) is 23.3 Å². The van der Waals surface area contributed by atoms with Crippen molar-refractivity contribution in [1.82, 2.24) is 0 Å². The Morgan fingerprint density at radius 2 is 2.10 bits per heavy atom. The first kappa shape index (κ1) is 15.7. The van der Waals surface area contributed by atoms with E-state index in [0.717, 1.165) is 25.0 Å². The number of hydrogen-bond donors (Lipinski definition) is 0. The molecular formula is C12H12ClNO6S. The summed E-state index contributed by atoms with van der Waals surface area (Å²) in [5, 5.41) is 11.0. The van der Waals surface area contributed by atoms with Crippen LogP contribution in [-0.2, 0) is 13.8 Å². The number of benzene rings is 1. The van der Waals surface area contributed by atoms with E-state index in [1.807, 2.05) is 0 Å². The van der Waals surface area contributed by atoms with E-state index in [0.29, 0.717) is 5.92 Å². The van der Waals surface area contributed by atoms with Gasteiger partial charge in [0.05, 0.1) is 22.0 Å². The largest absolute Gasteiger partial charge is 0.462 e. The highest BCUT2D eigenvalue weighted by atomic mass is 35.7. The molecule has 0 amide bonds. The molecule has 1 fully saturated rings. The minimum Gasteiger partial charge on any atom is -0.462 e. The van der Waals surface area contributed by atoms with Crippen LogP contribution in [0.15, 0.2) is 17.0 Å². The summed E-state index contributed by atoms with van der Waals surface area (Å²) in [6, 6.07) is 2.00. The molecule has 0 bridgehead atoms. The number of nitrogens with zero attached hydrogens (tertiary/aromatic N) is 1. The van der Waals surface area contributed by atoms with E-state index >= 15 is 0 Å². The van der Waals surface area contributed by atoms with Gasteiger partial charge in [0, 0.05) is 22.3 Å². The summed E-state index contributed by atoms with van der Waals surface area (Å²) in [6.45, 7) is 1.48. The zero-order chi connectivity index (χ0) is 15.8. The van der Waals surface area contributed by atoms with Gasteiger partial charge in [-0.1, -0.05) is 0 Å². The maximum absolute atomic E-state index is 11.9. The number of nitro benzene ring substituents is 1. The zero-order valence-electron chi connectivity index (χ0n) is 11.0. The molecule has 1 aliphatic carbocycles. The molecule has 7 nitrogen and oxygen atoms in total. The van der Waals surface area contributed by atoms with Crippen molar-refractivity contribution in [3.05, 3.63) is 33.4 Å². The van der Waals surface area contributed by atoms with Crippen molar-refractivity contribution in [1.29, 1.82) is 0 Å². The predicted molar refractivity (Wildman–Crippen MR) is 73.9 cm³/mol. The third kappa shape index (κ3) is 3.70. The molecule has 1 aromatic rings. The molecule has 0 saturated heterocycles. The number of carbonyl (C=O) groups excluding carboxylic acids is 1. The van der Waals surface area contributed by atoms with Crippen molar-refractivity contribution in [3.8, 4) is 0 Å². The van der Waals surface area contributed by atoms with Crippen LogP contribution in [0.5, 0.6) is 0 Å². The van der Waals surface area contributed by atoms with Crippen LogP contribution in [0.2, 0.25) is 0 Å². The Labute approximate surface area is 125 Å². The van der Waals surface area contributed by atoms with Gasteiger partial charge in [-0.2, -0.15) is 0 Å². The van der Waals surface area contributed by atoms with Gasteiger partial charge < -0.3 is 4.74 Å². The molecule has 9 heteroatoms. The van der Waals surface area contributed by atoms with Gasteiger partial charge in [0.1, 0.15) is 0 Å². The van der Waals surface area contributed by atoms with Crippen molar-refractivity contribution in [2.45, 2.75) is 24.7 Å². The topological polar surface area (TPSA) is 104 Å². The first-order chi connectivity index (χ1) is 9.70. The molecule has 0 unspecified atom stereocenters. The number of carbonyl (C=O) groups is 1. The summed E-state index contributed by atoms with van der Waals surface area (Å²) in [5.74, 6) is -0.475. The van der Waals surface area contributed by atoms with E-state index in [1.165, 1.54) is 6.92 Å². The predicted octanol–water partition coefficient (Wildman–Crippen LogP) is 2.40. The minimum atomic E-state index is -4.20. The highest BCUT2D eigenvalue weighted by Crippen LogP contribution is 2.31. The lowest BCUT2D eigenvalue weighted by Gasteiger charge is -2.08. The average Bonchev–Trinajstić information content (AvgIpc) is 3.18. The van der Waals surface area contributed by atoms with Crippen molar-refractivity contribution >= 4 is 31.4 Å². The van der Waals surface area contributed by atoms with Crippen molar-refractivity contribution in [3.63, 3.8) is 0 Å². The van der Waals surface area contributed by atoms with Gasteiger partial charge in [-0.15, -0.1) is 0 Å². The fourth-order valence-corrected chi connectivity index (χ4v) is 3.01. The number of nitro groups is 1. The highest BCUT2D eigenvalue weighted by Gasteiger charge is 2.27. The third-order valence-electron chi connectivity index (χ3n) is 3.17. The molecule has 0 radical (unpaired) electrons. The van der Waals surface area contributed by atoms with E-state index in [4.69, 9.17) is 15.4 Å². The monoisotopic (exact) mass is 333 g/mol. The summed E-state index contributed by atoms with van der Waals surface area (Å²) < 4.78 is 27.9. The Hall–Kier alpha value is -1.67. The second kappa shape index (κ2) is 5.61. The molecule has 0 spiro atoms. The van der Waals surface area contributed by atoms with Crippen LogP contribution in [0.25, 0.3) is 0 Å². The van der Waals surface area contributed by atoms with Crippen LogP contribution in [0.3, 0.4) is 0 Å². The molecule has 0 atom stereocenters. The number of esters is 1. The van der Waals surface area contributed by atoms with Gasteiger partial charge in [-0.05, 0) is 31.7 Å². The van der Waals surface area contributed by atoms with Crippen molar-refractivity contribution < 1.29 is 22.9 Å². The van der Waals surface area contributed by atoms with Gasteiger partial charge in [0.25, 0.3) is 14.7 Å². The Kier molecular flexibility index (Phi) is 4.20. The average molecular weight is 334 g/mol. The molecule has 114 valence electrons. The van der Waals surface area contributed by atoms with Crippen LogP contribution >= 0.6 is 10.7 Å². The zero-order valence-corrected chi connectivity index (χ0v) is 12.6. The molecule has 0 heterocycles. The van der Waals surface area contributed by atoms with Crippen molar-refractivity contribution in [2.75, 3.05) is 6.61 Å². The number of halogens is 1. The molecule has 0 aromatic heterocycles. The van der Waals surface area contributed by atoms with Crippen LogP contribution in [0, 0.1) is 23.0 Å². The quantitative estimate of drug-likeness (QED) is 0.354. The summed E-state index contributed by atoms with van der Waals surface area (Å²) in [7, 11) is 1.05. The second-order valence-corrected chi connectivity index (χ2v) is 7.39. The maximum Gasteiger partial charge on any atom is 0.338 e. The van der Waals surface area contributed by atoms with Crippen LogP contribution in [0.1, 0.15) is 28.8 Å². The maximum atomic E-state index is 11.9. The molecule has 2 rings (SSSR count). The molecule has 0 aliphatic heterocycles. The summed E-state index contributed by atoms with van der Waals surface area (Å²) in [5.41, 5.74) is -0.809. The SMILES string of the molecule is Cc1c([N+](=O)[O-])cc(C(=O)OCC2CC2)cc1S(=O)(=O)Cl. The summed E-state index contributed by atoms with van der Waals surface area (Å²) in [4.78, 5) is 21.6. The van der Waals surface area contributed by atoms with Gasteiger partial charge in [0.15, 0.2) is 0 Å². The van der Waals surface area contributed by atoms with E-state index in [-0.39, 0.29) is 17.7 Å². The van der Waals surface area contributed by atoms with Crippen LogP contribution < -0.4 is 0 Å². The number of hydrogen-bond acceptors (Lipinski definition) is 6. The number of rotatable bonds is 5. The Balaban J connectivity index is 2.43. The molecule has 1 aromatic carbocycles. The molecule has 1 aliphatic rings. The first-order valence-electron chi connectivity index (χ1n) is 6.11. The Morgan fingerprint density at radius 3 is 2.57 bits per heavy atom. The summed E-state index contributed by atoms with van der Waals surface area (Å²) >= 11 is 0. The first-order valence-corrected chi connectivity index (χ1v) is 8.42. The minimum absolute atomic E-state index is 0.117. The lowest BCUT2D eigenvalue weighted by molar-refractivity contribution is -0.385. The smallest absolute Gasteiger partial charge is 0.338 e. The van der Waals surface area contributed by atoms with E-state index < -0.39 is 30.5 Å². The Bertz CT molecular complexity index is 711. The lowest BCUT2D eigenvalue weighted by atomic mass is 10.1. The van der Waals surface area contributed by atoms with Gasteiger partial charge in [-0.3, -0.25) is 10.1 Å². The van der Waals surface area contributed by atoms with Gasteiger partial charge in [0.2, 0.25) is 0 Å². The fraction of sp³-hybridized carbons (Fsp3) is 0.417. The summed E-state index contributed by atoms with van der Waals surface area (Å²) in [6.07, 6.45) is 1.95. The van der Waals surface area contributed by atoms with Crippen LogP contribution in [-0.4, -0.2) is 25.9 Å². The molecule has 1 saturated carbocycles. The van der Waals surface area contributed by atoms with E-state index in [1.54, 1.807) is 0 Å². The second-order valence-electron chi connectivity index (χ2n) is 4.86. The standard InChI is InChI=1S/C12H12ClNO6S/c1-7-10(14(16)17)4-9(5-11(7)21(13,18)19)12(15)20-6-8-2-3-8/h4-5,8H,2-3,6H2,1H3. The Morgan fingerprint density at radius 1 is 1.48 bits per heavy atom. The van der Waals surface area contributed by atoms with Gasteiger partial charge >= 0.3 is 5.97 Å². The molecular weight excluding hydrogens is 322 g/mol. The molecule has 0 N–H and O–H groups in total.